The van der Waals surface area contributed by atoms with Gasteiger partial charge in [-0.25, -0.2) is 0 Å². The number of hydrogen-bond acceptors (Lipinski definition) is 7. The van der Waals surface area contributed by atoms with Crippen molar-refractivity contribution in [2.24, 2.45) is 0 Å². The Morgan fingerprint density at radius 2 is 1.74 bits per heavy atom. The normalized spacial score (nSPS) is 10.9. The number of rotatable bonds is 13. The average Bonchev–Trinajstić information content (AvgIpc) is 3.35. The lowest BCUT2D eigenvalue weighted by Crippen LogP contribution is -2.15. The first-order valence-corrected chi connectivity index (χ1v) is 12.9. The third-order valence-electron chi connectivity index (χ3n) is 5.09. The van der Waals surface area contributed by atoms with Crippen LogP contribution in [-0.4, -0.2) is 39.1 Å². The molecule has 0 saturated heterocycles. The molecule has 0 aliphatic heterocycles. The molecule has 7 nitrogen and oxygen atoms in total. The molecule has 1 N–H and O–H groups in total. The molecule has 0 fully saturated rings. The minimum Gasteiger partial charge on any atom is -0.490 e. The Labute approximate surface area is 214 Å². The first-order chi connectivity index (χ1) is 17.2. The van der Waals surface area contributed by atoms with Crippen LogP contribution in [0.3, 0.4) is 0 Å². The Balaban J connectivity index is 1.26. The van der Waals surface area contributed by atoms with Gasteiger partial charge in [0.25, 0.3) is 0 Å². The van der Waals surface area contributed by atoms with Gasteiger partial charge in [-0.2, -0.15) is 4.68 Å². The molecule has 0 bridgehead atoms. The van der Waals surface area contributed by atoms with E-state index in [-0.39, 0.29) is 0 Å². The topological polar surface area (TPSA) is 74.1 Å². The van der Waals surface area contributed by atoms with Crippen LogP contribution in [0.25, 0.3) is 5.69 Å². The van der Waals surface area contributed by atoms with Crippen LogP contribution in [0, 0.1) is 0 Å². The zero-order valence-corrected chi connectivity index (χ0v) is 21.1. The van der Waals surface area contributed by atoms with Gasteiger partial charge in [-0.3, -0.25) is 0 Å². The van der Waals surface area contributed by atoms with Crippen LogP contribution in [0.5, 0.6) is 11.5 Å². The van der Waals surface area contributed by atoms with Gasteiger partial charge in [-0.1, -0.05) is 71.9 Å². The van der Waals surface area contributed by atoms with Crippen molar-refractivity contribution in [1.29, 1.82) is 0 Å². The summed E-state index contributed by atoms with van der Waals surface area (Å²) in [4.78, 5) is 0. The van der Waals surface area contributed by atoms with E-state index in [0.717, 1.165) is 40.7 Å². The summed E-state index contributed by atoms with van der Waals surface area (Å²) in [6.07, 6.45) is 0.969. The number of nitrogens with zero attached hydrogens (tertiary/aromatic N) is 4. The number of tetrazole rings is 1. The van der Waals surface area contributed by atoms with Crippen molar-refractivity contribution in [3.05, 3.63) is 88.9 Å². The smallest absolute Gasteiger partial charge is 0.214 e. The number of thioether (sulfide) groups is 1. The standard InChI is InChI=1S/C26H28ClN5O2S/c1-2-33-24-17-21(16-23(27)25(24)34-19-20-10-5-3-6-11-20)18-28-14-9-15-35-26-29-30-31-32(26)22-12-7-4-8-13-22/h3-8,10-13,16-17,28H,2,9,14-15,18-19H2,1H3. The number of hydrogen-bond donors (Lipinski definition) is 1. The van der Waals surface area contributed by atoms with E-state index in [2.05, 4.69) is 20.8 Å². The van der Waals surface area contributed by atoms with Crippen molar-refractivity contribution in [2.75, 3.05) is 18.9 Å². The summed E-state index contributed by atoms with van der Waals surface area (Å²) < 4.78 is 13.6. The molecule has 1 heterocycles. The van der Waals surface area contributed by atoms with Crippen molar-refractivity contribution in [1.82, 2.24) is 25.5 Å². The van der Waals surface area contributed by atoms with Gasteiger partial charge in [0.05, 0.1) is 17.3 Å². The van der Waals surface area contributed by atoms with Gasteiger partial charge in [0, 0.05) is 12.3 Å². The highest BCUT2D eigenvalue weighted by Gasteiger charge is 2.13. The lowest BCUT2D eigenvalue weighted by Gasteiger charge is -2.16. The maximum atomic E-state index is 6.56. The number of benzene rings is 3. The Kier molecular flexibility index (Phi) is 9.39. The van der Waals surface area contributed by atoms with Gasteiger partial charge >= 0.3 is 0 Å². The largest absolute Gasteiger partial charge is 0.490 e. The molecule has 0 aliphatic carbocycles. The second kappa shape index (κ2) is 13.1. The van der Waals surface area contributed by atoms with Crippen LogP contribution < -0.4 is 14.8 Å². The van der Waals surface area contributed by atoms with E-state index in [1.165, 1.54) is 0 Å². The maximum Gasteiger partial charge on any atom is 0.214 e. The quantitative estimate of drug-likeness (QED) is 0.187. The summed E-state index contributed by atoms with van der Waals surface area (Å²) in [7, 11) is 0. The summed E-state index contributed by atoms with van der Waals surface area (Å²) in [6, 6.07) is 23.8. The van der Waals surface area contributed by atoms with Gasteiger partial charge in [-0.05, 0) is 65.7 Å². The Bertz CT molecular complexity index is 1190. The summed E-state index contributed by atoms with van der Waals surface area (Å²) >= 11 is 8.21. The van der Waals surface area contributed by atoms with Crippen LogP contribution in [0.4, 0.5) is 0 Å². The molecule has 0 aliphatic rings. The van der Waals surface area contributed by atoms with E-state index in [0.29, 0.717) is 36.3 Å². The van der Waals surface area contributed by atoms with Crippen LogP contribution in [0.1, 0.15) is 24.5 Å². The minimum atomic E-state index is 0.434. The highest BCUT2D eigenvalue weighted by atomic mass is 35.5. The van der Waals surface area contributed by atoms with Gasteiger partial charge in [0.2, 0.25) is 5.16 Å². The number of nitrogens with one attached hydrogen (secondary N) is 1. The first kappa shape index (κ1) is 25.0. The predicted molar refractivity (Wildman–Crippen MR) is 140 cm³/mol. The lowest BCUT2D eigenvalue weighted by atomic mass is 10.2. The predicted octanol–water partition coefficient (Wildman–Crippen LogP) is 5.57. The van der Waals surface area contributed by atoms with Crippen molar-refractivity contribution in [2.45, 2.75) is 31.7 Å². The number of ether oxygens (including phenoxy) is 2. The SMILES string of the molecule is CCOc1cc(CNCCCSc2nnnn2-c2ccccc2)cc(Cl)c1OCc1ccccc1. The fraction of sp³-hybridized carbons (Fsp3) is 0.269. The summed E-state index contributed by atoms with van der Waals surface area (Å²) in [5.74, 6) is 2.14. The molecule has 0 saturated carbocycles. The third-order valence-corrected chi connectivity index (χ3v) is 6.38. The molecular formula is C26H28ClN5O2S. The lowest BCUT2D eigenvalue weighted by molar-refractivity contribution is 0.269. The molecule has 0 atom stereocenters. The Morgan fingerprint density at radius 3 is 2.51 bits per heavy atom. The number of para-hydroxylation sites is 1. The monoisotopic (exact) mass is 509 g/mol. The third kappa shape index (κ3) is 7.21. The highest BCUT2D eigenvalue weighted by Crippen LogP contribution is 2.37. The Morgan fingerprint density at radius 1 is 0.971 bits per heavy atom. The molecule has 0 radical (unpaired) electrons. The average molecular weight is 510 g/mol. The fourth-order valence-electron chi connectivity index (χ4n) is 3.45. The highest BCUT2D eigenvalue weighted by molar-refractivity contribution is 7.99. The van der Waals surface area contributed by atoms with E-state index in [1.54, 1.807) is 16.4 Å². The van der Waals surface area contributed by atoms with Gasteiger partial charge < -0.3 is 14.8 Å². The number of aromatic nitrogens is 4. The van der Waals surface area contributed by atoms with Crippen LogP contribution in [0.15, 0.2) is 78.0 Å². The molecular weight excluding hydrogens is 482 g/mol. The molecule has 35 heavy (non-hydrogen) atoms. The summed E-state index contributed by atoms with van der Waals surface area (Å²) in [5, 5.41) is 16.9. The second-order valence-corrected chi connectivity index (χ2v) is 9.17. The minimum absolute atomic E-state index is 0.434. The molecule has 182 valence electrons. The van der Waals surface area contributed by atoms with Crippen molar-refractivity contribution in [3.8, 4) is 17.2 Å². The van der Waals surface area contributed by atoms with Crippen molar-refractivity contribution >= 4 is 23.4 Å². The molecule has 3 aromatic carbocycles. The second-order valence-electron chi connectivity index (χ2n) is 7.70. The summed E-state index contributed by atoms with van der Waals surface area (Å²) in [6.45, 7) is 4.46. The van der Waals surface area contributed by atoms with Gasteiger partial charge in [-0.15, -0.1) is 5.10 Å². The molecule has 9 heteroatoms. The van der Waals surface area contributed by atoms with E-state index in [1.807, 2.05) is 79.7 Å². The zero-order chi connectivity index (χ0) is 24.3. The van der Waals surface area contributed by atoms with Gasteiger partial charge in [0.15, 0.2) is 11.5 Å². The van der Waals surface area contributed by atoms with Gasteiger partial charge in [0.1, 0.15) is 6.61 Å². The zero-order valence-electron chi connectivity index (χ0n) is 19.6. The summed E-state index contributed by atoms with van der Waals surface area (Å²) in [5.41, 5.74) is 3.08. The number of halogens is 1. The first-order valence-electron chi connectivity index (χ1n) is 11.5. The molecule has 4 aromatic rings. The molecule has 1 aromatic heterocycles. The van der Waals surface area contributed by atoms with Crippen LogP contribution in [-0.2, 0) is 13.2 Å². The maximum absolute atomic E-state index is 6.56. The van der Waals surface area contributed by atoms with E-state index < -0.39 is 0 Å². The van der Waals surface area contributed by atoms with Crippen LogP contribution >= 0.6 is 23.4 Å². The molecule has 0 amide bonds. The van der Waals surface area contributed by atoms with Crippen molar-refractivity contribution < 1.29 is 9.47 Å². The molecule has 0 spiro atoms. The molecule has 0 unspecified atom stereocenters. The van der Waals surface area contributed by atoms with E-state index >= 15 is 0 Å². The fourth-order valence-corrected chi connectivity index (χ4v) is 4.57. The Hall–Kier alpha value is -3.07. The van der Waals surface area contributed by atoms with Crippen molar-refractivity contribution in [3.63, 3.8) is 0 Å². The van der Waals surface area contributed by atoms with E-state index in [4.69, 9.17) is 21.1 Å². The van der Waals surface area contributed by atoms with E-state index in [9.17, 15) is 0 Å². The van der Waals surface area contributed by atoms with Crippen LogP contribution in [0.2, 0.25) is 5.02 Å². The molecule has 4 rings (SSSR count).